The predicted octanol–water partition coefficient (Wildman–Crippen LogP) is 1.80. The number of hydrogen-bond donors (Lipinski definition) is 1. The molecule has 13 heavy (non-hydrogen) atoms. The number of aryl methyl sites for hydroxylation is 1. The molecule has 0 fully saturated rings. The first-order valence-electron chi connectivity index (χ1n) is 3.95. The second-order valence-electron chi connectivity index (χ2n) is 2.89. The Morgan fingerprint density at radius 3 is 2.54 bits per heavy atom. The van der Waals surface area contributed by atoms with Gasteiger partial charge < -0.3 is 9.84 Å². The van der Waals surface area contributed by atoms with E-state index in [-0.39, 0.29) is 5.75 Å². The van der Waals surface area contributed by atoms with Crippen molar-refractivity contribution in [2.75, 3.05) is 7.11 Å². The summed E-state index contributed by atoms with van der Waals surface area (Å²) in [7, 11) is 1.32. The number of rotatable bonds is 1. The number of phenols is 1. The Labute approximate surface area is 77.0 Å². The van der Waals surface area contributed by atoms with Gasteiger partial charge in [-0.15, -0.1) is 0 Å². The number of aromatic hydroxyl groups is 1. The maximum atomic E-state index is 11.3. The third-order valence-corrected chi connectivity index (χ3v) is 2.03. The van der Waals surface area contributed by atoms with Crippen molar-refractivity contribution in [1.29, 1.82) is 0 Å². The molecule has 0 saturated carbocycles. The number of hydrogen-bond acceptors (Lipinski definition) is 3. The lowest BCUT2D eigenvalue weighted by molar-refractivity contribution is 0.0598. The van der Waals surface area contributed by atoms with Crippen molar-refractivity contribution in [3.8, 4) is 5.75 Å². The summed E-state index contributed by atoms with van der Waals surface area (Å²) in [5, 5.41) is 9.36. The highest BCUT2D eigenvalue weighted by atomic mass is 16.5. The van der Waals surface area contributed by atoms with E-state index in [1.54, 1.807) is 26.0 Å². The number of carbonyl (C=O) groups excluding carboxylic acids is 1. The van der Waals surface area contributed by atoms with Gasteiger partial charge in [0.15, 0.2) is 0 Å². The summed E-state index contributed by atoms with van der Waals surface area (Å²) in [6, 6.07) is 3.26. The van der Waals surface area contributed by atoms with Gasteiger partial charge in [-0.2, -0.15) is 0 Å². The first-order chi connectivity index (χ1) is 6.07. The van der Waals surface area contributed by atoms with Crippen molar-refractivity contribution in [3.63, 3.8) is 0 Å². The van der Waals surface area contributed by atoms with Crippen LogP contribution < -0.4 is 0 Å². The summed E-state index contributed by atoms with van der Waals surface area (Å²) < 4.78 is 4.60. The van der Waals surface area contributed by atoms with Crippen LogP contribution in [0.3, 0.4) is 0 Å². The summed E-state index contributed by atoms with van der Waals surface area (Å²) in [4.78, 5) is 11.3. The average molecular weight is 180 g/mol. The third-order valence-electron chi connectivity index (χ3n) is 2.03. The molecule has 0 bridgehead atoms. The van der Waals surface area contributed by atoms with E-state index < -0.39 is 5.97 Å². The molecule has 0 atom stereocenters. The molecular formula is C10H12O3. The quantitative estimate of drug-likeness (QED) is 0.670. The van der Waals surface area contributed by atoms with Gasteiger partial charge in [0, 0.05) is 5.56 Å². The highest BCUT2D eigenvalue weighted by molar-refractivity contribution is 5.93. The molecular weight excluding hydrogens is 168 g/mol. The normalized spacial score (nSPS) is 9.77. The van der Waals surface area contributed by atoms with E-state index >= 15 is 0 Å². The Morgan fingerprint density at radius 1 is 1.38 bits per heavy atom. The number of ether oxygens (including phenoxy) is 1. The van der Waals surface area contributed by atoms with Gasteiger partial charge in [-0.05, 0) is 25.5 Å². The van der Waals surface area contributed by atoms with Crippen LogP contribution in [-0.4, -0.2) is 18.2 Å². The number of benzene rings is 1. The Bertz CT molecular complexity index is 342. The minimum Gasteiger partial charge on any atom is -0.508 e. The Kier molecular flexibility index (Phi) is 2.56. The molecule has 3 nitrogen and oxygen atoms in total. The average Bonchev–Trinajstić information content (AvgIpc) is 2.12. The standard InChI is InChI=1S/C10H12O3/c1-6-4-5-8(11)7(2)9(6)10(12)13-3/h4-5,11H,1-3H3. The zero-order valence-electron chi connectivity index (χ0n) is 7.92. The molecule has 0 aliphatic rings. The Balaban J connectivity index is 3.33. The van der Waals surface area contributed by atoms with Crippen LogP contribution in [-0.2, 0) is 4.74 Å². The maximum absolute atomic E-state index is 11.3. The summed E-state index contributed by atoms with van der Waals surface area (Å²) in [5.74, 6) is -0.295. The van der Waals surface area contributed by atoms with Crippen molar-refractivity contribution in [2.24, 2.45) is 0 Å². The molecule has 1 rings (SSSR count). The number of esters is 1. The Hall–Kier alpha value is -1.51. The maximum Gasteiger partial charge on any atom is 0.338 e. The van der Waals surface area contributed by atoms with Gasteiger partial charge in [0.2, 0.25) is 0 Å². The lowest BCUT2D eigenvalue weighted by Crippen LogP contribution is -2.06. The molecule has 1 N–H and O–H groups in total. The molecule has 0 heterocycles. The number of methoxy groups -OCH3 is 1. The molecule has 0 aliphatic carbocycles. The first kappa shape index (κ1) is 9.58. The van der Waals surface area contributed by atoms with Gasteiger partial charge in [-0.1, -0.05) is 6.07 Å². The van der Waals surface area contributed by atoms with E-state index in [0.29, 0.717) is 11.1 Å². The highest BCUT2D eigenvalue weighted by Crippen LogP contribution is 2.23. The van der Waals surface area contributed by atoms with Crippen molar-refractivity contribution >= 4 is 5.97 Å². The SMILES string of the molecule is COC(=O)c1c(C)ccc(O)c1C. The molecule has 1 aromatic rings. The van der Waals surface area contributed by atoms with Crippen molar-refractivity contribution in [3.05, 3.63) is 28.8 Å². The van der Waals surface area contributed by atoms with E-state index in [0.717, 1.165) is 5.56 Å². The molecule has 70 valence electrons. The predicted molar refractivity (Wildman–Crippen MR) is 48.9 cm³/mol. The fourth-order valence-electron chi connectivity index (χ4n) is 1.25. The van der Waals surface area contributed by atoms with Gasteiger partial charge >= 0.3 is 5.97 Å². The lowest BCUT2D eigenvalue weighted by atomic mass is 10.0. The van der Waals surface area contributed by atoms with Gasteiger partial charge in [0.05, 0.1) is 12.7 Å². The summed E-state index contributed by atoms with van der Waals surface area (Å²) >= 11 is 0. The first-order valence-corrected chi connectivity index (χ1v) is 3.95. The van der Waals surface area contributed by atoms with Crippen LogP contribution in [0, 0.1) is 13.8 Å². The van der Waals surface area contributed by atoms with Crippen LogP contribution in [0.25, 0.3) is 0 Å². The van der Waals surface area contributed by atoms with Gasteiger partial charge in [0.1, 0.15) is 5.75 Å². The van der Waals surface area contributed by atoms with Crippen LogP contribution in [0.5, 0.6) is 5.75 Å². The van der Waals surface area contributed by atoms with E-state index in [1.807, 2.05) is 0 Å². The summed E-state index contributed by atoms with van der Waals surface area (Å²) in [5.41, 5.74) is 1.82. The van der Waals surface area contributed by atoms with E-state index in [1.165, 1.54) is 7.11 Å². The van der Waals surface area contributed by atoms with Gasteiger partial charge in [-0.25, -0.2) is 4.79 Å². The highest BCUT2D eigenvalue weighted by Gasteiger charge is 2.14. The van der Waals surface area contributed by atoms with Crippen LogP contribution in [0.4, 0.5) is 0 Å². The van der Waals surface area contributed by atoms with E-state index in [2.05, 4.69) is 4.74 Å². The molecule has 0 aliphatic heterocycles. The van der Waals surface area contributed by atoms with Gasteiger partial charge in [-0.3, -0.25) is 0 Å². The molecule has 1 aromatic carbocycles. The summed E-state index contributed by atoms with van der Waals surface area (Å²) in [6.07, 6.45) is 0. The van der Waals surface area contributed by atoms with Crippen molar-refractivity contribution in [2.45, 2.75) is 13.8 Å². The van der Waals surface area contributed by atoms with Crippen LogP contribution in [0.15, 0.2) is 12.1 Å². The lowest BCUT2D eigenvalue weighted by Gasteiger charge is -2.08. The van der Waals surface area contributed by atoms with Crippen LogP contribution in [0.2, 0.25) is 0 Å². The molecule has 0 radical (unpaired) electrons. The topological polar surface area (TPSA) is 46.5 Å². The largest absolute Gasteiger partial charge is 0.508 e. The molecule has 0 unspecified atom stereocenters. The second kappa shape index (κ2) is 3.47. The fraction of sp³-hybridized carbons (Fsp3) is 0.300. The number of carbonyl (C=O) groups is 1. The van der Waals surface area contributed by atoms with Crippen LogP contribution in [0.1, 0.15) is 21.5 Å². The molecule has 0 aromatic heterocycles. The second-order valence-corrected chi connectivity index (χ2v) is 2.89. The minimum absolute atomic E-state index is 0.117. The van der Waals surface area contributed by atoms with Gasteiger partial charge in [0.25, 0.3) is 0 Å². The van der Waals surface area contributed by atoms with Crippen LogP contribution >= 0.6 is 0 Å². The smallest absolute Gasteiger partial charge is 0.338 e. The minimum atomic E-state index is -0.411. The number of phenolic OH excluding ortho intramolecular Hbond substituents is 1. The van der Waals surface area contributed by atoms with E-state index in [4.69, 9.17) is 0 Å². The molecule has 0 saturated heterocycles. The molecule has 0 spiro atoms. The zero-order chi connectivity index (χ0) is 10.0. The third kappa shape index (κ3) is 1.64. The van der Waals surface area contributed by atoms with Crippen molar-refractivity contribution in [1.82, 2.24) is 0 Å². The molecule has 0 amide bonds. The monoisotopic (exact) mass is 180 g/mol. The summed E-state index contributed by atoms with van der Waals surface area (Å²) in [6.45, 7) is 3.49. The van der Waals surface area contributed by atoms with E-state index in [9.17, 15) is 9.90 Å². The zero-order valence-corrected chi connectivity index (χ0v) is 7.92. The fourth-order valence-corrected chi connectivity index (χ4v) is 1.25. The van der Waals surface area contributed by atoms with Crippen molar-refractivity contribution < 1.29 is 14.6 Å². The Morgan fingerprint density at radius 2 is 2.00 bits per heavy atom. The molecule has 3 heteroatoms.